The zero-order valence-electron chi connectivity index (χ0n) is 27.9. The van der Waals surface area contributed by atoms with E-state index in [-0.39, 0.29) is 52.9 Å². The lowest BCUT2D eigenvalue weighted by Gasteiger charge is -2.47. The number of carbonyl (C=O) groups excluding carboxylic acids is 1. The second-order valence-electron chi connectivity index (χ2n) is 15.2. The lowest BCUT2D eigenvalue weighted by atomic mass is 9.72. The van der Waals surface area contributed by atoms with Crippen molar-refractivity contribution in [2.45, 2.75) is 150 Å². The van der Waals surface area contributed by atoms with Crippen LogP contribution in [0.3, 0.4) is 0 Å². The van der Waals surface area contributed by atoms with Crippen molar-refractivity contribution in [2.24, 2.45) is 10.8 Å². The van der Waals surface area contributed by atoms with Crippen LogP contribution >= 0.6 is 0 Å². The lowest BCUT2D eigenvalue weighted by molar-refractivity contribution is -0.178. The van der Waals surface area contributed by atoms with Gasteiger partial charge in [0, 0.05) is 6.61 Å². The van der Waals surface area contributed by atoms with E-state index in [1.165, 1.54) is 0 Å². The molecule has 0 spiro atoms. The first kappa shape index (κ1) is 35.4. The van der Waals surface area contributed by atoms with Crippen molar-refractivity contribution < 1.29 is 38.0 Å². The number of carbonyl (C=O) groups is 1. The summed E-state index contributed by atoms with van der Waals surface area (Å²) in [6.45, 7) is 30.8. The van der Waals surface area contributed by atoms with E-state index < -0.39 is 11.2 Å². The summed E-state index contributed by atoms with van der Waals surface area (Å²) >= 11 is 0. The van der Waals surface area contributed by atoms with E-state index in [4.69, 9.17) is 33.2 Å². The average Bonchev–Trinajstić information content (AvgIpc) is 3.69. The van der Waals surface area contributed by atoms with E-state index in [2.05, 4.69) is 76.2 Å². The number of hydrogen-bond acceptors (Lipinski definition) is 8. The first-order chi connectivity index (χ1) is 18.1. The highest BCUT2D eigenvalue weighted by Gasteiger charge is 2.44. The van der Waals surface area contributed by atoms with Crippen LogP contribution in [-0.2, 0) is 38.0 Å². The quantitative estimate of drug-likeness (QED) is 0.127. The van der Waals surface area contributed by atoms with E-state index in [0.29, 0.717) is 26.4 Å². The van der Waals surface area contributed by atoms with Crippen LogP contribution in [0.2, 0.25) is 0 Å². The second kappa shape index (κ2) is 13.3. The minimum absolute atomic E-state index is 0.0162. The van der Waals surface area contributed by atoms with Crippen LogP contribution in [0.25, 0.3) is 0 Å². The molecule has 2 fully saturated rings. The molecule has 0 N–H and O–H groups in total. The maximum Gasteiger partial charge on any atom is 0.337 e. The summed E-state index contributed by atoms with van der Waals surface area (Å²) in [6, 6.07) is 0. The van der Waals surface area contributed by atoms with Crippen molar-refractivity contribution in [1.82, 2.24) is 0 Å². The molecule has 0 amide bonds. The van der Waals surface area contributed by atoms with Gasteiger partial charge in [-0.1, -0.05) is 27.7 Å². The highest BCUT2D eigenvalue weighted by molar-refractivity contribution is 5.78. The predicted molar refractivity (Wildman–Crippen MR) is 157 cm³/mol. The summed E-state index contributed by atoms with van der Waals surface area (Å²) in [5.41, 5.74) is -2.35. The highest BCUT2D eigenvalue weighted by atomic mass is 16.6. The zero-order chi connectivity index (χ0) is 30.6. The summed E-state index contributed by atoms with van der Waals surface area (Å²) in [6.07, 6.45) is 2.72. The average molecular weight is 573 g/mol. The maximum atomic E-state index is 12.4. The summed E-state index contributed by atoms with van der Waals surface area (Å²) in [7, 11) is 0. The molecule has 2 aliphatic heterocycles. The van der Waals surface area contributed by atoms with Gasteiger partial charge in [0.1, 0.15) is 18.8 Å². The molecule has 0 aromatic carbocycles. The SMILES string of the molecule is CC(CC(C)(C)C(C)(C)OCCC(C)(C)OCC1CO1)OC(C)(C)C(C)(C)CCOC(C)(C)C(=O)OCC1CO1. The van der Waals surface area contributed by atoms with E-state index in [1.807, 2.05) is 0 Å². The third-order valence-electron chi connectivity index (χ3n) is 9.27. The molecule has 40 heavy (non-hydrogen) atoms. The minimum atomic E-state index is -1.01. The van der Waals surface area contributed by atoms with Crippen molar-refractivity contribution in [3.8, 4) is 0 Å². The molecule has 3 unspecified atom stereocenters. The molecule has 0 bridgehead atoms. The monoisotopic (exact) mass is 572 g/mol. The third kappa shape index (κ3) is 11.1. The number of esters is 1. The molecule has 8 nitrogen and oxygen atoms in total. The van der Waals surface area contributed by atoms with Crippen LogP contribution in [0.1, 0.15) is 109 Å². The van der Waals surface area contributed by atoms with E-state index in [0.717, 1.165) is 25.9 Å². The fourth-order valence-electron chi connectivity index (χ4n) is 4.40. The molecule has 0 aliphatic carbocycles. The number of epoxide rings is 2. The van der Waals surface area contributed by atoms with Crippen molar-refractivity contribution >= 4 is 5.97 Å². The van der Waals surface area contributed by atoms with Gasteiger partial charge in [-0.25, -0.2) is 4.79 Å². The normalized spacial score (nSPS) is 21.3. The van der Waals surface area contributed by atoms with Gasteiger partial charge in [-0.3, -0.25) is 0 Å². The van der Waals surface area contributed by atoms with E-state index >= 15 is 0 Å². The first-order valence-corrected chi connectivity index (χ1v) is 15.1. The number of hydrogen-bond donors (Lipinski definition) is 0. The predicted octanol–water partition coefficient (Wildman–Crippen LogP) is 6.12. The maximum absolute atomic E-state index is 12.4. The van der Waals surface area contributed by atoms with Gasteiger partial charge in [0.2, 0.25) is 0 Å². The van der Waals surface area contributed by atoms with Gasteiger partial charge < -0.3 is 33.2 Å². The first-order valence-electron chi connectivity index (χ1n) is 15.1. The van der Waals surface area contributed by atoms with Crippen molar-refractivity contribution in [2.75, 3.05) is 39.6 Å². The Bertz CT molecular complexity index is 806. The Labute approximate surface area is 244 Å². The molecule has 0 aromatic heterocycles. The van der Waals surface area contributed by atoms with Crippen LogP contribution < -0.4 is 0 Å². The van der Waals surface area contributed by atoms with Crippen molar-refractivity contribution in [3.05, 3.63) is 0 Å². The number of rotatable bonds is 20. The Morgan fingerprint density at radius 3 is 1.80 bits per heavy atom. The van der Waals surface area contributed by atoms with Gasteiger partial charge >= 0.3 is 5.97 Å². The molecule has 0 saturated carbocycles. The lowest BCUT2D eigenvalue weighted by Crippen LogP contribution is -2.48. The van der Waals surface area contributed by atoms with Crippen molar-refractivity contribution in [1.29, 1.82) is 0 Å². The van der Waals surface area contributed by atoms with Crippen LogP contribution in [-0.4, -0.2) is 86.3 Å². The van der Waals surface area contributed by atoms with E-state index in [1.54, 1.807) is 13.8 Å². The van der Waals surface area contributed by atoms with Gasteiger partial charge in [0.25, 0.3) is 0 Å². The molecular weight excluding hydrogens is 512 g/mol. The zero-order valence-corrected chi connectivity index (χ0v) is 27.9. The molecule has 2 heterocycles. The van der Waals surface area contributed by atoms with Crippen LogP contribution in [0, 0.1) is 10.8 Å². The Kier molecular flexibility index (Phi) is 11.7. The largest absolute Gasteiger partial charge is 0.461 e. The smallest absolute Gasteiger partial charge is 0.337 e. The summed E-state index contributed by atoms with van der Waals surface area (Å²) < 4.78 is 40.9. The molecule has 0 radical (unpaired) electrons. The van der Waals surface area contributed by atoms with Gasteiger partial charge in [-0.15, -0.1) is 0 Å². The van der Waals surface area contributed by atoms with Gasteiger partial charge in [-0.2, -0.15) is 0 Å². The van der Waals surface area contributed by atoms with Crippen LogP contribution in [0.4, 0.5) is 0 Å². The Morgan fingerprint density at radius 1 is 0.725 bits per heavy atom. The topological polar surface area (TPSA) is 88.3 Å². The standard InChI is InChI=1S/C32H60O8/c1-23(18-28(4,5)31(10,11)38-17-15-29(6,7)39-22-25-20-35-25)40-32(12,13)27(2,3)14-16-37-30(8,9)26(33)36-21-24-19-34-24/h23-25H,14-22H2,1-13H3. The third-order valence-corrected chi connectivity index (χ3v) is 9.27. The summed E-state index contributed by atoms with van der Waals surface area (Å²) in [5, 5.41) is 0. The molecule has 236 valence electrons. The Hall–Kier alpha value is -0.770. The minimum Gasteiger partial charge on any atom is -0.461 e. The second-order valence-corrected chi connectivity index (χ2v) is 15.2. The van der Waals surface area contributed by atoms with Crippen LogP contribution in [0.15, 0.2) is 0 Å². The number of ether oxygens (including phenoxy) is 7. The molecule has 3 atom stereocenters. The fraction of sp³-hybridized carbons (Fsp3) is 0.969. The van der Waals surface area contributed by atoms with Gasteiger partial charge in [0.15, 0.2) is 5.60 Å². The van der Waals surface area contributed by atoms with Gasteiger partial charge in [0.05, 0.1) is 49.3 Å². The molecule has 0 aromatic rings. The highest BCUT2D eigenvalue weighted by Crippen LogP contribution is 2.43. The molecule has 8 heteroatoms. The molecule has 2 aliphatic rings. The fourth-order valence-corrected chi connectivity index (χ4v) is 4.40. The molecule has 2 saturated heterocycles. The Morgan fingerprint density at radius 2 is 1.25 bits per heavy atom. The van der Waals surface area contributed by atoms with Crippen LogP contribution in [0.5, 0.6) is 0 Å². The molecule has 2 rings (SSSR count). The van der Waals surface area contributed by atoms with Crippen molar-refractivity contribution in [3.63, 3.8) is 0 Å². The summed E-state index contributed by atoms with van der Waals surface area (Å²) in [5.74, 6) is -0.360. The van der Waals surface area contributed by atoms with Gasteiger partial charge in [-0.05, 0) is 92.4 Å². The summed E-state index contributed by atoms with van der Waals surface area (Å²) in [4.78, 5) is 12.4. The van der Waals surface area contributed by atoms with E-state index in [9.17, 15) is 4.79 Å². The molecular formula is C32H60O8. The Balaban J connectivity index is 1.82.